The van der Waals surface area contributed by atoms with Crippen molar-refractivity contribution in [3.8, 4) is 0 Å². The predicted octanol–water partition coefficient (Wildman–Crippen LogP) is -1.63. The van der Waals surface area contributed by atoms with Crippen molar-refractivity contribution in [1.29, 1.82) is 0 Å². The topological polar surface area (TPSA) is 207 Å². The first-order valence-electron chi connectivity index (χ1n) is 12.6. The van der Waals surface area contributed by atoms with Crippen molar-refractivity contribution in [2.24, 2.45) is 5.92 Å². The highest BCUT2D eigenvalue weighted by Gasteiger charge is 2.48. The minimum absolute atomic E-state index is 0.219. The summed E-state index contributed by atoms with van der Waals surface area (Å²) in [6.07, 6.45) is -4.43. The number of unbranched alkanes of at least 4 members (excludes halogenated alkanes) is 1. The highest BCUT2D eigenvalue weighted by molar-refractivity contribution is 7.80. The van der Waals surface area contributed by atoms with Gasteiger partial charge in [-0.15, -0.1) is 0 Å². The van der Waals surface area contributed by atoms with Crippen LogP contribution in [0.25, 0.3) is 0 Å². The highest BCUT2D eigenvalue weighted by atomic mass is 32.1. The molecular formula is C22H42N3O12PS. The summed E-state index contributed by atoms with van der Waals surface area (Å²) in [5, 5.41) is 38.9. The lowest BCUT2D eigenvalue weighted by molar-refractivity contribution is -0.270. The Morgan fingerprint density at radius 2 is 1.85 bits per heavy atom. The summed E-state index contributed by atoms with van der Waals surface area (Å²) in [6.45, 7) is 1.76. The molecule has 17 heteroatoms. The number of phosphoric ester groups is 1. The number of amides is 1. The lowest BCUT2D eigenvalue weighted by Gasteiger charge is -2.42. The van der Waals surface area contributed by atoms with Crippen LogP contribution < -0.4 is 16.0 Å². The van der Waals surface area contributed by atoms with Crippen molar-refractivity contribution in [1.82, 2.24) is 16.0 Å². The van der Waals surface area contributed by atoms with Gasteiger partial charge in [-0.2, -0.15) is 0 Å². The van der Waals surface area contributed by atoms with Gasteiger partial charge in [-0.3, -0.25) is 13.8 Å². The van der Waals surface area contributed by atoms with Crippen molar-refractivity contribution in [2.75, 3.05) is 47.7 Å². The SMILES string of the molecule is COC[C@H]1C[C@@H](NC(=S)NCCCCO[C@@H]2O[C@H](CO)[C@H](O)[C@H](O)[C@H]2NC(C)=O)[C@@H](OC)C1OP(=O)(O)OC. The zero-order chi connectivity index (χ0) is 29.2. The number of aliphatic hydroxyl groups is 3. The molecule has 2 fully saturated rings. The van der Waals surface area contributed by atoms with Gasteiger partial charge in [0.1, 0.15) is 36.6 Å². The van der Waals surface area contributed by atoms with Crippen LogP contribution in [0.2, 0.25) is 0 Å². The van der Waals surface area contributed by atoms with E-state index in [-0.39, 0.29) is 25.2 Å². The quantitative estimate of drug-likeness (QED) is 0.0637. The second-order valence-electron chi connectivity index (χ2n) is 9.39. The molecule has 7 N–H and O–H groups in total. The molecule has 15 nitrogen and oxygen atoms in total. The molecule has 1 aliphatic heterocycles. The molecule has 2 unspecified atom stereocenters. The number of ether oxygens (including phenoxy) is 4. The minimum atomic E-state index is -4.25. The van der Waals surface area contributed by atoms with Crippen LogP contribution in [0.15, 0.2) is 0 Å². The fourth-order valence-corrected chi connectivity index (χ4v) is 5.65. The van der Waals surface area contributed by atoms with Gasteiger partial charge in [0.05, 0.1) is 19.3 Å². The van der Waals surface area contributed by atoms with Gasteiger partial charge < -0.3 is 55.1 Å². The first-order valence-corrected chi connectivity index (χ1v) is 14.5. The third kappa shape index (κ3) is 10.1. The number of aliphatic hydroxyl groups excluding tert-OH is 3. The zero-order valence-electron chi connectivity index (χ0n) is 22.6. The fourth-order valence-electron chi connectivity index (χ4n) is 4.71. The Kier molecular flexibility index (Phi) is 14.4. The standard InChI is InChI=1S/C22H42N3O12PS/c1-12(27)24-16-18(29)17(28)15(10-26)36-21(16)35-8-6-5-7-23-22(39)25-14-9-13(11-32-2)19(20(14)33-3)37-38(30,31)34-4/h13-21,26,28-29H,5-11H2,1-4H3,(H,24,27)(H,30,31)(H2,23,25,39)/t13-,14-,15-,16-,17+,18-,19?,20-,21-/m1/s1. The van der Waals surface area contributed by atoms with E-state index in [1.807, 2.05) is 0 Å². The molecule has 0 radical (unpaired) electrons. The van der Waals surface area contributed by atoms with Crippen molar-refractivity contribution >= 4 is 31.1 Å². The normalized spacial score (nSPS) is 34.3. The molecule has 1 heterocycles. The maximum absolute atomic E-state index is 12.0. The number of carbonyl (C=O) groups excluding carboxylic acids is 1. The number of thiocarbonyl (C=S) groups is 1. The van der Waals surface area contributed by atoms with E-state index in [1.54, 1.807) is 0 Å². The van der Waals surface area contributed by atoms with E-state index in [2.05, 4.69) is 20.5 Å². The maximum atomic E-state index is 12.0. The summed E-state index contributed by atoms with van der Waals surface area (Å²) in [5.41, 5.74) is 0. The number of hydrogen-bond acceptors (Lipinski definition) is 12. The number of methoxy groups -OCH3 is 2. The van der Waals surface area contributed by atoms with E-state index in [0.29, 0.717) is 30.9 Å². The van der Waals surface area contributed by atoms with Gasteiger partial charge in [-0.25, -0.2) is 4.57 Å². The van der Waals surface area contributed by atoms with Crippen LogP contribution in [-0.4, -0.2) is 128 Å². The largest absolute Gasteiger partial charge is 0.472 e. The third-order valence-corrected chi connectivity index (χ3v) is 7.82. The second-order valence-corrected chi connectivity index (χ2v) is 11.3. The summed E-state index contributed by atoms with van der Waals surface area (Å²) in [6, 6.07) is -1.30. The van der Waals surface area contributed by atoms with E-state index in [1.165, 1.54) is 21.1 Å². The van der Waals surface area contributed by atoms with Gasteiger partial charge in [0.15, 0.2) is 11.4 Å². The maximum Gasteiger partial charge on any atom is 0.472 e. The molecule has 228 valence electrons. The number of phosphoric acid groups is 1. The van der Waals surface area contributed by atoms with Crippen molar-refractivity contribution in [2.45, 2.75) is 75.1 Å². The summed E-state index contributed by atoms with van der Waals surface area (Å²) in [7, 11) is -0.153. The Morgan fingerprint density at radius 1 is 1.13 bits per heavy atom. The fraction of sp³-hybridized carbons (Fsp3) is 0.909. The number of carbonyl (C=O) groups is 1. The van der Waals surface area contributed by atoms with Gasteiger partial charge in [0.25, 0.3) is 0 Å². The molecule has 0 bridgehead atoms. The molecule has 0 aromatic rings. The number of hydrogen-bond donors (Lipinski definition) is 7. The van der Waals surface area contributed by atoms with E-state index < -0.39 is 63.2 Å². The van der Waals surface area contributed by atoms with Crippen molar-refractivity contribution in [3.05, 3.63) is 0 Å². The molecule has 1 amide bonds. The lowest BCUT2D eigenvalue weighted by atomic mass is 9.97. The molecule has 2 rings (SSSR count). The smallest absolute Gasteiger partial charge is 0.394 e. The summed E-state index contributed by atoms with van der Waals surface area (Å²) >= 11 is 5.41. The van der Waals surface area contributed by atoms with Gasteiger partial charge in [0.2, 0.25) is 5.91 Å². The molecule has 1 aliphatic carbocycles. The van der Waals surface area contributed by atoms with Crippen LogP contribution in [-0.2, 0) is 37.4 Å². The lowest BCUT2D eigenvalue weighted by Crippen LogP contribution is -2.64. The minimum Gasteiger partial charge on any atom is -0.394 e. The Morgan fingerprint density at radius 3 is 2.44 bits per heavy atom. The van der Waals surface area contributed by atoms with Crippen LogP contribution in [0.5, 0.6) is 0 Å². The molecule has 2 aliphatic rings. The molecule has 0 spiro atoms. The summed E-state index contributed by atoms with van der Waals surface area (Å²) in [5.74, 6) is -0.661. The Labute approximate surface area is 233 Å². The van der Waals surface area contributed by atoms with E-state index >= 15 is 0 Å². The highest BCUT2D eigenvalue weighted by Crippen LogP contribution is 2.48. The Hall–Kier alpha value is -1.01. The Balaban J connectivity index is 1.79. The van der Waals surface area contributed by atoms with Crippen molar-refractivity contribution in [3.63, 3.8) is 0 Å². The molecule has 1 saturated heterocycles. The van der Waals surface area contributed by atoms with Crippen LogP contribution in [0.4, 0.5) is 0 Å². The summed E-state index contributed by atoms with van der Waals surface area (Å²) in [4.78, 5) is 21.3. The predicted molar refractivity (Wildman–Crippen MR) is 141 cm³/mol. The molecule has 0 aromatic heterocycles. The van der Waals surface area contributed by atoms with Crippen LogP contribution in [0.1, 0.15) is 26.2 Å². The van der Waals surface area contributed by atoms with Gasteiger partial charge in [-0.1, -0.05) is 0 Å². The zero-order valence-corrected chi connectivity index (χ0v) is 24.3. The number of rotatable bonds is 15. The van der Waals surface area contributed by atoms with Crippen LogP contribution >= 0.6 is 20.0 Å². The molecule has 39 heavy (non-hydrogen) atoms. The van der Waals surface area contributed by atoms with Gasteiger partial charge in [-0.05, 0) is 31.5 Å². The van der Waals surface area contributed by atoms with E-state index in [0.717, 1.165) is 7.11 Å². The van der Waals surface area contributed by atoms with Crippen LogP contribution in [0, 0.1) is 5.92 Å². The van der Waals surface area contributed by atoms with E-state index in [4.69, 9.17) is 35.7 Å². The number of nitrogens with one attached hydrogen (secondary N) is 3. The first-order chi connectivity index (χ1) is 18.5. The average Bonchev–Trinajstić information content (AvgIpc) is 3.19. The van der Waals surface area contributed by atoms with Crippen LogP contribution in [0.3, 0.4) is 0 Å². The molecular weight excluding hydrogens is 561 g/mol. The monoisotopic (exact) mass is 603 g/mol. The third-order valence-electron chi connectivity index (χ3n) is 6.59. The molecule has 10 atom stereocenters. The first kappa shape index (κ1) is 34.2. The second kappa shape index (κ2) is 16.4. The molecule has 0 aromatic carbocycles. The van der Waals surface area contributed by atoms with E-state index in [9.17, 15) is 29.6 Å². The Bertz CT molecular complexity index is 829. The molecule has 1 saturated carbocycles. The van der Waals surface area contributed by atoms with Crippen molar-refractivity contribution < 1.29 is 57.6 Å². The average molecular weight is 604 g/mol. The summed E-state index contributed by atoms with van der Waals surface area (Å²) < 4.78 is 44.0. The van der Waals surface area contributed by atoms with Gasteiger partial charge >= 0.3 is 7.82 Å². The van der Waals surface area contributed by atoms with Gasteiger partial charge in [0, 0.05) is 47.3 Å².